The number of nitrogens with zero attached hydrogens (tertiary/aromatic N) is 2. The number of hydrogen-bond donors (Lipinski definition) is 2. The number of rotatable bonds is 3. The Balaban J connectivity index is 2.39. The van der Waals surface area contributed by atoms with E-state index in [4.69, 9.17) is 11.1 Å². The second-order valence-electron chi connectivity index (χ2n) is 3.24. The van der Waals surface area contributed by atoms with Gasteiger partial charge in [-0.1, -0.05) is 17.8 Å². The highest BCUT2D eigenvalue weighted by atomic mass is 32.2. The van der Waals surface area contributed by atoms with E-state index in [0.29, 0.717) is 15.1 Å². The van der Waals surface area contributed by atoms with Crippen molar-refractivity contribution in [2.75, 3.05) is 0 Å². The number of nitrogens with two attached hydrogens (primary N) is 1. The molecule has 0 spiro atoms. The summed E-state index contributed by atoms with van der Waals surface area (Å²) in [5.74, 6) is -0.103. The third-order valence-electron chi connectivity index (χ3n) is 1.95. The first-order valence-electron chi connectivity index (χ1n) is 4.69. The van der Waals surface area contributed by atoms with E-state index in [1.165, 1.54) is 29.4 Å². The highest BCUT2D eigenvalue weighted by Crippen LogP contribution is 2.32. The molecule has 0 unspecified atom stereocenters. The molecule has 1 heterocycles. The fourth-order valence-electron chi connectivity index (χ4n) is 1.26. The summed E-state index contributed by atoms with van der Waals surface area (Å²) in [5.41, 5.74) is 5.49. The topological polar surface area (TPSA) is 75.7 Å². The fourth-order valence-corrected chi connectivity index (χ4v) is 3.04. The van der Waals surface area contributed by atoms with Gasteiger partial charge in [-0.15, -0.1) is 0 Å². The summed E-state index contributed by atoms with van der Waals surface area (Å²) in [6.07, 6.45) is 0. The van der Waals surface area contributed by atoms with E-state index in [1.807, 2.05) is 0 Å². The Labute approximate surface area is 106 Å². The van der Waals surface area contributed by atoms with E-state index in [1.54, 1.807) is 19.1 Å². The van der Waals surface area contributed by atoms with E-state index >= 15 is 0 Å². The van der Waals surface area contributed by atoms with Crippen LogP contribution in [0.1, 0.15) is 11.4 Å². The first-order chi connectivity index (χ1) is 8.08. The Hall–Kier alpha value is -1.47. The summed E-state index contributed by atoms with van der Waals surface area (Å²) in [6.45, 7) is 1.79. The average molecular weight is 268 g/mol. The minimum atomic E-state index is -0.497. The molecule has 0 aliphatic carbocycles. The maximum Gasteiger partial charge on any atom is 0.174 e. The second kappa shape index (κ2) is 4.80. The zero-order chi connectivity index (χ0) is 12.4. The van der Waals surface area contributed by atoms with Crippen molar-refractivity contribution < 1.29 is 4.39 Å². The van der Waals surface area contributed by atoms with Crippen LogP contribution in [-0.2, 0) is 0 Å². The van der Waals surface area contributed by atoms with Gasteiger partial charge in [-0.25, -0.2) is 9.37 Å². The Kier molecular flexibility index (Phi) is 3.39. The first-order valence-corrected chi connectivity index (χ1v) is 6.28. The number of halogens is 1. The van der Waals surface area contributed by atoms with Crippen LogP contribution in [0.3, 0.4) is 0 Å². The van der Waals surface area contributed by atoms with Crippen LogP contribution in [0.5, 0.6) is 0 Å². The molecule has 0 bridgehead atoms. The number of nitrogens with one attached hydrogen (secondary N) is 1. The number of aromatic nitrogens is 2. The molecule has 0 saturated carbocycles. The lowest BCUT2D eigenvalue weighted by Gasteiger charge is -2.06. The molecule has 0 aliphatic rings. The van der Waals surface area contributed by atoms with E-state index < -0.39 is 5.82 Å². The third kappa shape index (κ3) is 2.62. The normalized spacial score (nSPS) is 10.5. The zero-order valence-corrected chi connectivity index (χ0v) is 10.5. The second-order valence-corrected chi connectivity index (χ2v) is 5.28. The Morgan fingerprint density at radius 3 is 2.88 bits per heavy atom. The molecule has 17 heavy (non-hydrogen) atoms. The summed E-state index contributed by atoms with van der Waals surface area (Å²) in [5, 5.41) is 7.38. The van der Waals surface area contributed by atoms with Crippen LogP contribution < -0.4 is 5.73 Å². The summed E-state index contributed by atoms with van der Waals surface area (Å²) in [4.78, 5) is 4.75. The van der Waals surface area contributed by atoms with Gasteiger partial charge >= 0.3 is 0 Å². The molecule has 0 amide bonds. The van der Waals surface area contributed by atoms with Crippen molar-refractivity contribution in [2.24, 2.45) is 5.73 Å². The van der Waals surface area contributed by atoms with Crippen LogP contribution in [0, 0.1) is 18.2 Å². The van der Waals surface area contributed by atoms with Gasteiger partial charge < -0.3 is 5.73 Å². The summed E-state index contributed by atoms with van der Waals surface area (Å²) < 4.78 is 18.3. The van der Waals surface area contributed by atoms with Crippen LogP contribution in [0.2, 0.25) is 0 Å². The zero-order valence-electron chi connectivity index (χ0n) is 8.90. The largest absolute Gasteiger partial charge is 0.384 e. The van der Waals surface area contributed by atoms with Crippen molar-refractivity contribution in [2.45, 2.75) is 16.2 Å². The lowest BCUT2D eigenvalue weighted by Crippen LogP contribution is -2.14. The van der Waals surface area contributed by atoms with Gasteiger partial charge in [-0.3, -0.25) is 5.41 Å². The number of nitrogen functional groups attached to an aromatic ring is 1. The Bertz CT molecular complexity index is 567. The number of hydrogen-bond acceptors (Lipinski definition) is 5. The average Bonchev–Trinajstić information content (AvgIpc) is 2.63. The van der Waals surface area contributed by atoms with Crippen molar-refractivity contribution in [3.8, 4) is 0 Å². The molecule has 0 saturated heterocycles. The summed E-state index contributed by atoms with van der Waals surface area (Å²) in [7, 11) is 0. The SMILES string of the molecule is Cc1nsc(Sc2cccc(F)c2C(=N)N)n1. The molecule has 3 N–H and O–H groups in total. The van der Waals surface area contributed by atoms with Crippen molar-refractivity contribution >= 4 is 29.1 Å². The van der Waals surface area contributed by atoms with Gasteiger partial charge in [0.25, 0.3) is 0 Å². The molecule has 2 aromatic rings. The van der Waals surface area contributed by atoms with Gasteiger partial charge in [0.05, 0.1) is 5.56 Å². The lowest BCUT2D eigenvalue weighted by molar-refractivity contribution is 0.621. The molecule has 0 fully saturated rings. The van der Waals surface area contributed by atoms with Crippen LogP contribution in [0.25, 0.3) is 0 Å². The minimum absolute atomic E-state index is 0.116. The molecular weight excluding hydrogens is 259 g/mol. The van der Waals surface area contributed by atoms with Crippen molar-refractivity contribution in [3.05, 3.63) is 35.4 Å². The Morgan fingerprint density at radius 1 is 1.53 bits per heavy atom. The molecule has 88 valence electrons. The molecule has 0 radical (unpaired) electrons. The Morgan fingerprint density at radius 2 is 2.29 bits per heavy atom. The molecule has 2 rings (SSSR count). The monoisotopic (exact) mass is 268 g/mol. The molecule has 0 atom stereocenters. The van der Waals surface area contributed by atoms with E-state index in [0.717, 1.165) is 0 Å². The smallest absolute Gasteiger partial charge is 0.174 e. The predicted octanol–water partition coefficient (Wildman–Crippen LogP) is 2.42. The van der Waals surface area contributed by atoms with Gasteiger partial charge in [0.2, 0.25) is 0 Å². The minimum Gasteiger partial charge on any atom is -0.384 e. The van der Waals surface area contributed by atoms with Crippen LogP contribution in [0.4, 0.5) is 4.39 Å². The maximum absolute atomic E-state index is 13.5. The molecule has 1 aromatic carbocycles. The molecular formula is C10H9FN4S2. The third-order valence-corrected chi connectivity index (χ3v) is 3.85. The standard InChI is InChI=1S/C10H9FN4S2/c1-5-14-10(17-15-5)16-7-4-2-3-6(11)8(7)9(12)13/h2-4H,1H3,(H3,12,13). The molecule has 0 aliphatic heterocycles. The van der Waals surface area contributed by atoms with Gasteiger partial charge in [0.15, 0.2) is 4.34 Å². The number of amidine groups is 1. The first kappa shape index (κ1) is 12.0. The summed E-state index contributed by atoms with van der Waals surface area (Å²) in [6, 6.07) is 4.57. The molecule has 1 aromatic heterocycles. The highest BCUT2D eigenvalue weighted by molar-refractivity contribution is 8.01. The maximum atomic E-state index is 13.5. The van der Waals surface area contributed by atoms with Crippen molar-refractivity contribution in [1.29, 1.82) is 5.41 Å². The lowest BCUT2D eigenvalue weighted by atomic mass is 10.2. The fraction of sp³-hybridized carbons (Fsp3) is 0.100. The molecule has 7 heteroatoms. The van der Waals surface area contributed by atoms with Crippen LogP contribution in [-0.4, -0.2) is 15.2 Å². The van der Waals surface area contributed by atoms with E-state index in [2.05, 4.69) is 9.36 Å². The van der Waals surface area contributed by atoms with Crippen LogP contribution >= 0.6 is 23.3 Å². The quantitative estimate of drug-likeness (QED) is 0.662. The van der Waals surface area contributed by atoms with E-state index in [-0.39, 0.29) is 11.4 Å². The van der Waals surface area contributed by atoms with Crippen molar-refractivity contribution in [1.82, 2.24) is 9.36 Å². The van der Waals surface area contributed by atoms with Crippen LogP contribution in [0.15, 0.2) is 27.4 Å². The van der Waals surface area contributed by atoms with Gasteiger partial charge in [-0.05, 0) is 30.6 Å². The van der Waals surface area contributed by atoms with Gasteiger partial charge in [0, 0.05) is 4.90 Å². The van der Waals surface area contributed by atoms with Gasteiger partial charge in [-0.2, -0.15) is 4.37 Å². The predicted molar refractivity (Wildman–Crippen MR) is 66.2 cm³/mol. The highest BCUT2D eigenvalue weighted by Gasteiger charge is 2.13. The van der Waals surface area contributed by atoms with Gasteiger partial charge in [0.1, 0.15) is 17.5 Å². The number of benzene rings is 1. The molecule has 4 nitrogen and oxygen atoms in total. The van der Waals surface area contributed by atoms with Crippen molar-refractivity contribution in [3.63, 3.8) is 0 Å². The van der Waals surface area contributed by atoms with E-state index in [9.17, 15) is 4.39 Å². The summed E-state index contributed by atoms with van der Waals surface area (Å²) >= 11 is 2.50. The number of aryl methyl sites for hydroxylation is 1.